The molecule has 0 amide bonds. The summed E-state index contributed by atoms with van der Waals surface area (Å²) in [5.74, 6) is 2.05. The Morgan fingerprint density at radius 3 is 2.77 bits per heavy atom. The van der Waals surface area contributed by atoms with E-state index in [0.717, 1.165) is 27.9 Å². The molecule has 4 aromatic rings. The van der Waals surface area contributed by atoms with E-state index in [9.17, 15) is 4.79 Å². The molecule has 0 radical (unpaired) electrons. The summed E-state index contributed by atoms with van der Waals surface area (Å²) < 4.78 is 9.46. The average molecular weight is 440 g/mol. The third kappa shape index (κ3) is 4.47. The van der Waals surface area contributed by atoms with E-state index < -0.39 is 0 Å². The Bertz CT molecular complexity index is 1240. The molecule has 9 heteroatoms. The lowest BCUT2D eigenvalue weighted by Crippen LogP contribution is -2.12. The molecule has 0 aliphatic rings. The second-order valence-electron chi connectivity index (χ2n) is 6.84. The molecular formula is C21H21N5O2S2. The van der Waals surface area contributed by atoms with Gasteiger partial charge in [0.05, 0.1) is 5.69 Å². The van der Waals surface area contributed by atoms with E-state index in [1.807, 2.05) is 35.9 Å². The van der Waals surface area contributed by atoms with Gasteiger partial charge in [0.2, 0.25) is 0 Å². The number of nitrogens with zero attached hydrogens (tertiary/aromatic N) is 5. The van der Waals surface area contributed by atoms with Gasteiger partial charge in [-0.25, -0.2) is 4.98 Å². The highest BCUT2D eigenvalue weighted by Gasteiger charge is 2.14. The van der Waals surface area contributed by atoms with Gasteiger partial charge in [0.15, 0.2) is 15.9 Å². The normalized spacial score (nSPS) is 11.1. The standard InChI is InChI=1S/C21H21N5O2S2/c1-4-5-25-18(12-28-17-9-14(2)8-15(3)10-17)23-24-21(25)30-13-16-11-19(27)26-6-7-29-20(26)22-16/h4,6-11H,1,5,12-13H2,2-3H3. The fourth-order valence-corrected chi connectivity index (χ4v) is 4.71. The number of thioether (sulfide) groups is 1. The SMILES string of the molecule is C=CCn1c(COc2cc(C)cc(C)c2)nnc1SCc1cc(=O)n2ccsc2n1. The van der Waals surface area contributed by atoms with Crippen LogP contribution in [0.5, 0.6) is 5.75 Å². The van der Waals surface area contributed by atoms with Crippen LogP contribution in [-0.4, -0.2) is 24.1 Å². The lowest BCUT2D eigenvalue weighted by Gasteiger charge is -2.10. The third-order valence-electron chi connectivity index (χ3n) is 4.37. The van der Waals surface area contributed by atoms with Crippen molar-refractivity contribution in [1.29, 1.82) is 0 Å². The van der Waals surface area contributed by atoms with Crippen molar-refractivity contribution in [3.63, 3.8) is 0 Å². The van der Waals surface area contributed by atoms with E-state index in [4.69, 9.17) is 4.74 Å². The van der Waals surface area contributed by atoms with E-state index in [-0.39, 0.29) is 5.56 Å². The maximum atomic E-state index is 12.2. The number of fused-ring (bicyclic) bond motifs is 1. The predicted molar refractivity (Wildman–Crippen MR) is 119 cm³/mol. The number of aromatic nitrogens is 5. The molecule has 0 spiro atoms. The van der Waals surface area contributed by atoms with Gasteiger partial charge in [-0.1, -0.05) is 23.9 Å². The van der Waals surface area contributed by atoms with Gasteiger partial charge < -0.3 is 4.74 Å². The van der Waals surface area contributed by atoms with Crippen molar-refractivity contribution in [2.45, 2.75) is 37.9 Å². The van der Waals surface area contributed by atoms with Crippen LogP contribution in [0.25, 0.3) is 4.96 Å². The minimum absolute atomic E-state index is 0.0769. The second kappa shape index (κ2) is 8.85. The predicted octanol–water partition coefficient (Wildman–Crippen LogP) is 4.02. The molecule has 0 fully saturated rings. The first kappa shape index (κ1) is 20.4. The summed E-state index contributed by atoms with van der Waals surface area (Å²) >= 11 is 2.93. The van der Waals surface area contributed by atoms with Crippen LogP contribution in [-0.2, 0) is 18.9 Å². The summed E-state index contributed by atoms with van der Waals surface area (Å²) in [7, 11) is 0. The van der Waals surface area contributed by atoms with E-state index in [2.05, 4.69) is 27.8 Å². The van der Waals surface area contributed by atoms with E-state index in [1.165, 1.54) is 23.1 Å². The first-order valence-electron chi connectivity index (χ1n) is 9.36. The number of hydrogen-bond donors (Lipinski definition) is 0. The van der Waals surface area contributed by atoms with Crippen molar-refractivity contribution in [1.82, 2.24) is 24.1 Å². The number of ether oxygens (including phenoxy) is 1. The number of hydrogen-bond acceptors (Lipinski definition) is 7. The Hall–Kier alpha value is -2.91. The molecule has 0 saturated carbocycles. The Kier molecular flexibility index (Phi) is 6.01. The van der Waals surface area contributed by atoms with Crippen LogP contribution < -0.4 is 10.3 Å². The molecule has 7 nitrogen and oxygen atoms in total. The third-order valence-corrected chi connectivity index (χ3v) is 6.13. The summed E-state index contributed by atoms with van der Waals surface area (Å²) in [6.07, 6.45) is 3.53. The zero-order valence-electron chi connectivity index (χ0n) is 16.7. The smallest absolute Gasteiger partial charge is 0.258 e. The fourth-order valence-electron chi connectivity index (χ4n) is 3.11. The van der Waals surface area contributed by atoms with Crippen LogP contribution >= 0.6 is 23.1 Å². The topological polar surface area (TPSA) is 74.3 Å². The van der Waals surface area contributed by atoms with Gasteiger partial charge in [0.25, 0.3) is 5.56 Å². The number of benzene rings is 1. The molecule has 154 valence electrons. The Labute approximate surface area is 182 Å². The Morgan fingerprint density at radius 1 is 1.20 bits per heavy atom. The molecule has 0 aliphatic carbocycles. The maximum Gasteiger partial charge on any atom is 0.258 e. The maximum absolute atomic E-state index is 12.2. The molecule has 4 rings (SSSR count). The van der Waals surface area contributed by atoms with Crippen LogP contribution in [0, 0.1) is 13.8 Å². The van der Waals surface area contributed by atoms with Gasteiger partial charge in [-0.2, -0.15) is 0 Å². The van der Waals surface area contributed by atoms with E-state index in [1.54, 1.807) is 22.7 Å². The van der Waals surface area contributed by atoms with Gasteiger partial charge in [-0.05, 0) is 37.1 Å². The highest BCUT2D eigenvalue weighted by atomic mass is 32.2. The van der Waals surface area contributed by atoms with Gasteiger partial charge >= 0.3 is 0 Å². The first-order chi connectivity index (χ1) is 14.5. The fraction of sp³-hybridized carbons (Fsp3) is 0.238. The summed E-state index contributed by atoms with van der Waals surface area (Å²) in [6, 6.07) is 7.67. The second-order valence-corrected chi connectivity index (χ2v) is 8.66. The monoisotopic (exact) mass is 439 g/mol. The quantitative estimate of drug-likeness (QED) is 0.305. The lowest BCUT2D eigenvalue weighted by molar-refractivity contribution is 0.289. The van der Waals surface area contributed by atoms with Gasteiger partial charge in [0, 0.05) is 29.9 Å². The zero-order chi connectivity index (χ0) is 21.1. The van der Waals surface area contributed by atoms with Gasteiger partial charge in [-0.3, -0.25) is 13.8 Å². The van der Waals surface area contributed by atoms with Crippen LogP contribution in [0.15, 0.2) is 58.4 Å². The minimum Gasteiger partial charge on any atom is -0.486 e. The van der Waals surface area contributed by atoms with Gasteiger partial charge in [-0.15, -0.1) is 28.1 Å². The molecule has 1 aromatic carbocycles. The molecule has 0 N–H and O–H groups in total. The molecule has 0 aliphatic heterocycles. The molecule has 0 bridgehead atoms. The largest absolute Gasteiger partial charge is 0.486 e. The first-order valence-corrected chi connectivity index (χ1v) is 11.2. The number of aryl methyl sites for hydroxylation is 2. The van der Waals surface area contributed by atoms with Crippen LogP contribution in [0.4, 0.5) is 0 Å². The summed E-state index contributed by atoms with van der Waals surface area (Å²) in [4.78, 5) is 17.4. The minimum atomic E-state index is -0.0769. The zero-order valence-corrected chi connectivity index (χ0v) is 18.4. The molecular weight excluding hydrogens is 418 g/mol. The van der Waals surface area contributed by atoms with Crippen molar-refractivity contribution >= 4 is 28.1 Å². The van der Waals surface area contributed by atoms with Crippen molar-refractivity contribution in [3.05, 3.63) is 81.5 Å². The van der Waals surface area contributed by atoms with Crippen LogP contribution in [0.1, 0.15) is 22.6 Å². The highest BCUT2D eigenvalue weighted by molar-refractivity contribution is 7.98. The Morgan fingerprint density at radius 2 is 2.00 bits per heavy atom. The summed E-state index contributed by atoms with van der Waals surface area (Å²) in [5, 5.41) is 11.2. The van der Waals surface area contributed by atoms with E-state index in [0.29, 0.717) is 29.6 Å². The van der Waals surface area contributed by atoms with Crippen molar-refractivity contribution < 1.29 is 4.74 Å². The average Bonchev–Trinajstić information content (AvgIpc) is 3.32. The summed E-state index contributed by atoms with van der Waals surface area (Å²) in [5.41, 5.74) is 2.94. The molecule has 0 unspecified atom stereocenters. The van der Waals surface area contributed by atoms with Crippen molar-refractivity contribution in [3.8, 4) is 5.75 Å². The van der Waals surface area contributed by atoms with Crippen LogP contribution in [0.2, 0.25) is 0 Å². The molecule has 3 heterocycles. The van der Waals surface area contributed by atoms with Crippen LogP contribution in [0.3, 0.4) is 0 Å². The molecule has 0 saturated heterocycles. The number of thiazole rings is 1. The number of rotatable bonds is 8. The van der Waals surface area contributed by atoms with E-state index >= 15 is 0 Å². The Balaban J connectivity index is 1.49. The van der Waals surface area contributed by atoms with Gasteiger partial charge in [0.1, 0.15) is 12.4 Å². The molecule has 30 heavy (non-hydrogen) atoms. The lowest BCUT2D eigenvalue weighted by atomic mass is 10.1. The number of allylic oxidation sites excluding steroid dienone is 1. The van der Waals surface area contributed by atoms with Crippen molar-refractivity contribution in [2.24, 2.45) is 0 Å². The molecule has 3 aromatic heterocycles. The van der Waals surface area contributed by atoms with Crippen molar-refractivity contribution in [2.75, 3.05) is 0 Å². The highest BCUT2D eigenvalue weighted by Crippen LogP contribution is 2.23. The summed E-state index contributed by atoms with van der Waals surface area (Å²) in [6.45, 7) is 8.80. The molecule has 0 atom stereocenters.